The molecule has 16 nitrogen and oxygen atoms in total. The fourth-order valence-corrected chi connectivity index (χ4v) is 5.76. The van der Waals surface area contributed by atoms with Crippen molar-refractivity contribution in [3.63, 3.8) is 0 Å². The zero-order valence-electron chi connectivity index (χ0n) is 28.4. The molecule has 0 fully saturated rings. The number of rotatable bonds is 4. The van der Waals surface area contributed by atoms with Crippen LogP contribution in [-0.2, 0) is 34.4 Å². The van der Waals surface area contributed by atoms with E-state index in [-0.39, 0.29) is 48.9 Å². The van der Waals surface area contributed by atoms with Crippen molar-refractivity contribution >= 4 is 34.4 Å². The Morgan fingerprint density at radius 3 is 2.37 bits per heavy atom. The van der Waals surface area contributed by atoms with Gasteiger partial charge < -0.3 is 31.1 Å². The van der Waals surface area contributed by atoms with Crippen LogP contribution in [0.3, 0.4) is 0 Å². The van der Waals surface area contributed by atoms with Crippen LogP contribution < -0.4 is 31.6 Å². The molecule has 5 aromatic rings. The summed E-state index contributed by atoms with van der Waals surface area (Å²) >= 11 is 0. The standard InChI is InChI=1S/C36H37N9O7/c1-21-32-41-31(23-8-4-3-5-9-23)43-45(32)19-29(47)37-16-17-52-24-14-12-22(13-15-24)18-27(33(48)40-28(20-46)34(49)38-21)39-35(50)30-25-10-6-7-11-26(25)36(51)44(2)42-30/h3-15,21,27-28,46H,16-20H2,1-2H3,(H,37,47)(H,38,49)(H,39,50)(H,40,48)/t21-,27-,28-/m0/s1. The van der Waals surface area contributed by atoms with Crippen molar-refractivity contribution < 1.29 is 29.0 Å². The van der Waals surface area contributed by atoms with Gasteiger partial charge >= 0.3 is 0 Å². The maximum Gasteiger partial charge on any atom is 0.274 e. The van der Waals surface area contributed by atoms with Gasteiger partial charge in [0.25, 0.3) is 11.5 Å². The molecule has 0 unspecified atom stereocenters. The Morgan fingerprint density at radius 1 is 0.923 bits per heavy atom. The second-order valence-electron chi connectivity index (χ2n) is 12.2. The van der Waals surface area contributed by atoms with Crippen LogP contribution in [0.4, 0.5) is 0 Å². The summed E-state index contributed by atoms with van der Waals surface area (Å²) in [6.07, 6.45) is -0.0147. The molecule has 4 heterocycles. The summed E-state index contributed by atoms with van der Waals surface area (Å²) < 4.78 is 8.23. The van der Waals surface area contributed by atoms with E-state index in [0.717, 1.165) is 4.68 Å². The molecule has 0 radical (unpaired) electrons. The molecule has 2 aliphatic heterocycles. The highest BCUT2D eigenvalue weighted by atomic mass is 16.5. The predicted octanol–water partition coefficient (Wildman–Crippen LogP) is 0.396. The van der Waals surface area contributed by atoms with Crippen molar-refractivity contribution in [1.29, 1.82) is 0 Å². The van der Waals surface area contributed by atoms with Crippen LogP contribution in [0.15, 0.2) is 83.7 Å². The third-order valence-electron chi connectivity index (χ3n) is 8.44. The molecule has 2 bridgehead atoms. The molecule has 7 rings (SSSR count). The molecule has 3 atom stereocenters. The number of nitrogens with zero attached hydrogens (tertiary/aromatic N) is 5. The van der Waals surface area contributed by atoms with Gasteiger partial charge in [0.05, 0.1) is 24.6 Å². The molecule has 0 aliphatic carbocycles. The molecular weight excluding hydrogens is 670 g/mol. The average molecular weight is 708 g/mol. The number of carbonyl (C=O) groups is 4. The molecular formula is C36H37N9O7. The predicted molar refractivity (Wildman–Crippen MR) is 188 cm³/mol. The van der Waals surface area contributed by atoms with Crippen molar-refractivity contribution in [3.05, 3.63) is 106 Å². The molecule has 0 spiro atoms. The number of hydrogen-bond donors (Lipinski definition) is 5. The van der Waals surface area contributed by atoms with E-state index in [1.165, 1.54) is 11.7 Å². The third-order valence-corrected chi connectivity index (χ3v) is 8.44. The molecule has 2 aliphatic rings. The SMILES string of the molecule is C[C@@H]1NC(=O)[C@H](CO)NC(=O)[C@@H](NC(=O)c2nn(C)c(=O)c3ccccc23)Cc2ccc(cc2)OCCNC(=O)Cn2nc(-c3ccccc3)nc21. The molecule has 5 N–H and O–H groups in total. The zero-order valence-corrected chi connectivity index (χ0v) is 28.4. The lowest BCUT2D eigenvalue weighted by Crippen LogP contribution is -2.56. The van der Waals surface area contributed by atoms with Crippen molar-refractivity contribution in [2.45, 2.75) is 38.0 Å². The first kappa shape index (κ1) is 35.4. The minimum atomic E-state index is -1.43. The van der Waals surface area contributed by atoms with E-state index in [2.05, 4.69) is 36.4 Å². The van der Waals surface area contributed by atoms with Gasteiger partial charge in [0.15, 0.2) is 11.5 Å². The Bertz CT molecular complexity index is 2170. The van der Waals surface area contributed by atoms with Crippen LogP contribution >= 0.6 is 0 Å². The van der Waals surface area contributed by atoms with Gasteiger partial charge in [0.2, 0.25) is 17.7 Å². The van der Waals surface area contributed by atoms with Gasteiger partial charge in [-0.1, -0.05) is 60.7 Å². The highest BCUT2D eigenvalue weighted by Gasteiger charge is 2.30. The van der Waals surface area contributed by atoms with Crippen molar-refractivity contribution in [2.24, 2.45) is 7.05 Å². The van der Waals surface area contributed by atoms with E-state index in [9.17, 15) is 29.1 Å². The number of carbonyl (C=O) groups excluding carboxylic acids is 4. The number of nitrogens with one attached hydrogen (secondary N) is 4. The minimum absolute atomic E-state index is 0.0147. The fourth-order valence-electron chi connectivity index (χ4n) is 5.76. The second kappa shape index (κ2) is 15.6. The second-order valence-corrected chi connectivity index (χ2v) is 12.2. The Balaban J connectivity index is 1.30. The molecule has 2 aromatic heterocycles. The lowest BCUT2D eigenvalue weighted by atomic mass is 10.0. The summed E-state index contributed by atoms with van der Waals surface area (Å²) in [4.78, 5) is 71.3. The number of ether oxygens (including phenoxy) is 1. The number of benzene rings is 3. The number of aromatic nitrogens is 5. The number of aliphatic hydroxyl groups is 1. The van der Waals surface area contributed by atoms with Crippen LogP contribution in [0.5, 0.6) is 5.75 Å². The first-order valence-electron chi connectivity index (χ1n) is 16.6. The Morgan fingerprint density at radius 2 is 1.63 bits per heavy atom. The van der Waals surface area contributed by atoms with Gasteiger partial charge in [0.1, 0.15) is 36.8 Å². The van der Waals surface area contributed by atoms with Gasteiger partial charge in [-0.25, -0.2) is 14.3 Å². The van der Waals surface area contributed by atoms with Crippen LogP contribution in [0.2, 0.25) is 0 Å². The van der Waals surface area contributed by atoms with Gasteiger partial charge in [-0.05, 0) is 30.7 Å². The fraction of sp³-hybridized carbons (Fsp3) is 0.278. The number of aliphatic hydroxyl groups excluding tert-OH is 1. The van der Waals surface area contributed by atoms with Crippen molar-refractivity contribution in [1.82, 2.24) is 45.8 Å². The van der Waals surface area contributed by atoms with Gasteiger partial charge in [-0.2, -0.15) is 10.2 Å². The van der Waals surface area contributed by atoms with E-state index >= 15 is 0 Å². The molecule has 16 heteroatoms. The Kier molecular flexibility index (Phi) is 10.6. The smallest absolute Gasteiger partial charge is 0.274 e. The van der Waals surface area contributed by atoms with Gasteiger partial charge in [0, 0.05) is 24.4 Å². The number of fused-ring (bicyclic) bond motifs is 15. The molecule has 4 amide bonds. The first-order valence-corrected chi connectivity index (χ1v) is 16.6. The Hall–Kier alpha value is -6.42. The summed E-state index contributed by atoms with van der Waals surface area (Å²) in [5.41, 5.74) is 0.872. The van der Waals surface area contributed by atoms with Crippen LogP contribution in [0.25, 0.3) is 22.2 Å². The average Bonchev–Trinajstić information content (AvgIpc) is 3.57. The van der Waals surface area contributed by atoms with Gasteiger partial charge in [-0.15, -0.1) is 0 Å². The largest absolute Gasteiger partial charge is 0.492 e. The maximum absolute atomic E-state index is 13.9. The highest BCUT2D eigenvalue weighted by Crippen LogP contribution is 2.20. The van der Waals surface area contributed by atoms with E-state index < -0.39 is 48.0 Å². The number of amides is 4. The molecule has 268 valence electrons. The molecule has 3 aromatic carbocycles. The summed E-state index contributed by atoms with van der Waals surface area (Å²) in [5.74, 6) is -1.47. The van der Waals surface area contributed by atoms with E-state index in [1.54, 1.807) is 55.5 Å². The normalized spacial score (nSPS) is 18.8. The van der Waals surface area contributed by atoms with E-state index in [1.807, 2.05) is 30.3 Å². The topological polar surface area (TPSA) is 211 Å². The van der Waals surface area contributed by atoms with Crippen molar-refractivity contribution in [2.75, 3.05) is 19.8 Å². The number of aryl methyl sites for hydroxylation is 1. The number of hydrogen-bond acceptors (Lipinski definition) is 10. The summed E-state index contributed by atoms with van der Waals surface area (Å²) in [7, 11) is 1.42. The quantitative estimate of drug-likeness (QED) is 0.174. The summed E-state index contributed by atoms with van der Waals surface area (Å²) in [6.45, 7) is 1.03. The molecule has 0 saturated carbocycles. The molecule has 52 heavy (non-hydrogen) atoms. The first-order chi connectivity index (χ1) is 25.1. The van der Waals surface area contributed by atoms with E-state index in [4.69, 9.17) is 4.74 Å². The zero-order chi connectivity index (χ0) is 36.8. The lowest BCUT2D eigenvalue weighted by Gasteiger charge is -2.24. The van der Waals surface area contributed by atoms with Gasteiger partial charge in [-0.3, -0.25) is 24.0 Å². The van der Waals surface area contributed by atoms with Crippen LogP contribution in [0.1, 0.15) is 34.8 Å². The monoisotopic (exact) mass is 707 g/mol. The summed E-state index contributed by atoms with van der Waals surface area (Å²) in [6, 6.07) is 18.9. The highest BCUT2D eigenvalue weighted by molar-refractivity contribution is 6.06. The third kappa shape index (κ3) is 7.97. The Labute approximate surface area is 297 Å². The minimum Gasteiger partial charge on any atom is -0.492 e. The van der Waals surface area contributed by atoms with Crippen LogP contribution in [-0.4, -0.2) is 85.1 Å². The van der Waals surface area contributed by atoms with E-state index in [0.29, 0.717) is 28.1 Å². The maximum atomic E-state index is 13.9. The summed E-state index contributed by atoms with van der Waals surface area (Å²) in [5, 5.41) is 30.4. The van der Waals surface area contributed by atoms with Crippen LogP contribution in [0, 0.1) is 0 Å². The molecule has 0 saturated heterocycles. The lowest BCUT2D eigenvalue weighted by molar-refractivity contribution is -0.131. The van der Waals surface area contributed by atoms with Crippen molar-refractivity contribution in [3.8, 4) is 17.1 Å².